The number of benzene rings is 2. The third-order valence-electron chi connectivity index (χ3n) is 5.35. The normalized spacial score (nSPS) is 19.2. The third-order valence-corrected chi connectivity index (χ3v) is 5.35. The quantitative estimate of drug-likeness (QED) is 0.462. The number of nitrogens with one attached hydrogen (secondary N) is 1. The molecule has 10 heteroatoms. The summed E-state index contributed by atoms with van der Waals surface area (Å²) < 4.78 is 12.0. The molecule has 32 heavy (non-hydrogen) atoms. The van der Waals surface area contributed by atoms with Crippen molar-refractivity contribution in [3.63, 3.8) is 0 Å². The van der Waals surface area contributed by atoms with E-state index < -0.39 is 16.6 Å². The fraction of sp³-hybridized carbons (Fsp3) is 0.364. The van der Waals surface area contributed by atoms with Crippen molar-refractivity contribution in [3.8, 4) is 0 Å². The van der Waals surface area contributed by atoms with Gasteiger partial charge in [0.25, 0.3) is 5.69 Å². The average Bonchev–Trinajstić information content (AvgIpc) is 3.03. The highest BCUT2D eigenvalue weighted by atomic mass is 16.6. The number of anilines is 1. The molecule has 0 spiro atoms. The third kappa shape index (κ3) is 4.71. The Morgan fingerprint density at radius 2 is 1.91 bits per heavy atom. The van der Waals surface area contributed by atoms with E-state index in [0.717, 1.165) is 23.2 Å². The van der Waals surface area contributed by atoms with Crippen molar-refractivity contribution in [2.45, 2.75) is 39.1 Å². The lowest BCUT2D eigenvalue weighted by Gasteiger charge is -2.35. The number of nitro benzene ring substituents is 1. The first-order valence-electron chi connectivity index (χ1n) is 10.3. The van der Waals surface area contributed by atoms with Gasteiger partial charge in [-0.3, -0.25) is 24.4 Å². The molecule has 2 atom stereocenters. The van der Waals surface area contributed by atoms with E-state index in [0.29, 0.717) is 17.7 Å². The maximum atomic E-state index is 12.7. The molecule has 1 aliphatic rings. The number of hydrogen-bond acceptors (Lipinski definition) is 7. The molecule has 1 fully saturated rings. The number of oxazole rings is 1. The molecule has 1 saturated heterocycles. The molecule has 1 aliphatic heterocycles. The molecule has 168 valence electrons. The number of morpholine rings is 1. The number of carbonyl (C=O) groups is 1. The summed E-state index contributed by atoms with van der Waals surface area (Å²) in [7, 11) is 0. The minimum absolute atomic E-state index is 0.0629. The van der Waals surface area contributed by atoms with Crippen LogP contribution in [0.3, 0.4) is 0 Å². The summed E-state index contributed by atoms with van der Waals surface area (Å²) in [4.78, 5) is 37.6. The molecule has 2 unspecified atom stereocenters. The summed E-state index contributed by atoms with van der Waals surface area (Å²) in [6.45, 7) is 6.07. The number of para-hydroxylation sites is 1. The number of fused-ring (bicyclic) bond motifs is 1. The van der Waals surface area contributed by atoms with E-state index in [1.807, 2.05) is 38.1 Å². The predicted molar refractivity (Wildman–Crippen MR) is 117 cm³/mol. The summed E-state index contributed by atoms with van der Waals surface area (Å²) in [5.41, 5.74) is 1.82. The molecule has 1 amide bonds. The zero-order valence-electron chi connectivity index (χ0n) is 17.8. The zero-order chi connectivity index (χ0) is 22.8. The van der Waals surface area contributed by atoms with Crippen molar-refractivity contribution in [1.82, 2.24) is 9.47 Å². The zero-order valence-corrected chi connectivity index (χ0v) is 17.8. The van der Waals surface area contributed by atoms with Crippen LogP contribution in [0.1, 0.15) is 19.4 Å². The lowest BCUT2D eigenvalue weighted by atomic mass is 10.1. The number of aromatic nitrogens is 1. The number of amides is 1. The number of nitrogens with zero attached hydrogens (tertiary/aromatic N) is 3. The van der Waals surface area contributed by atoms with Crippen molar-refractivity contribution >= 4 is 28.4 Å². The van der Waals surface area contributed by atoms with Crippen molar-refractivity contribution in [1.29, 1.82) is 0 Å². The van der Waals surface area contributed by atoms with Crippen LogP contribution in [0.5, 0.6) is 0 Å². The van der Waals surface area contributed by atoms with Crippen LogP contribution in [0.2, 0.25) is 0 Å². The molecular weight excluding hydrogens is 416 g/mol. The van der Waals surface area contributed by atoms with Crippen LogP contribution in [-0.4, -0.2) is 45.6 Å². The maximum absolute atomic E-state index is 12.7. The predicted octanol–water partition coefficient (Wildman–Crippen LogP) is 2.75. The van der Waals surface area contributed by atoms with E-state index in [1.165, 1.54) is 18.2 Å². The number of non-ortho nitro benzene ring substituents is 1. The van der Waals surface area contributed by atoms with E-state index in [4.69, 9.17) is 9.15 Å². The summed E-state index contributed by atoms with van der Waals surface area (Å²) in [6.07, 6.45) is 0.273. The smallest absolute Gasteiger partial charge is 0.407 e. The van der Waals surface area contributed by atoms with E-state index >= 15 is 0 Å². The maximum Gasteiger partial charge on any atom is 0.420 e. The SMILES string of the molecule is CC1CN(Cc2ccccc2NC(=O)Cn2c(=O)oc3cc([N+](=O)[O-])ccc32)CC(C)O1. The van der Waals surface area contributed by atoms with Crippen molar-refractivity contribution < 1.29 is 18.9 Å². The van der Waals surface area contributed by atoms with Crippen LogP contribution in [0.4, 0.5) is 11.4 Å². The van der Waals surface area contributed by atoms with Crippen LogP contribution < -0.4 is 11.1 Å². The molecule has 1 N–H and O–H groups in total. The largest absolute Gasteiger partial charge is 0.420 e. The van der Waals surface area contributed by atoms with Gasteiger partial charge in [-0.15, -0.1) is 0 Å². The summed E-state index contributed by atoms with van der Waals surface area (Å²) >= 11 is 0. The van der Waals surface area contributed by atoms with Crippen LogP contribution in [-0.2, 0) is 22.6 Å². The Bertz CT molecular complexity index is 1210. The Morgan fingerprint density at radius 3 is 2.62 bits per heavy atom. The molecule has 2 aromatic carbocycles. The second-order valence-electron chi connectivity index (χ2n) is 8.02. The highest BCUT2D eigenvalue weighted by molar-refractivity contribution is 5.92. The van der Waals surface area contributed by atoms with E-state index in [9.17, 15) is 19.7 Å². The van der Waals surface area contributed by atoms with Gasteiger partial charge in [0.15, 0.2) is 5.58 Å². The Balaban J connectivity index is 1.50. The van der Waals surface area contributed by atoms with Crippen molar-refractivity contribution in [2.24, 2.45) is 0 Å². The minimum Gasteiger partial charge on any atom is -0.407 e. The summed E-state index contributed by atoms with van der Waals surface area (Å²) in [5, 5.41) is 13.8. The van der Waals surface area contributed by atoms with Gasteiger partial charge in [0.05, 0.1) is 28.7 Å². The first kappa shape index (κ1) is 21.7. The molecule has 1 aromatic heterocycles. The first-order chi connectivity index (χ1) is 15.3. The molecule has 10 nitrogen and oxygen atoms in total. The summed E-state index contributed by atoms with van der Waals surface area (Å²) in [5.74, 6) is -1.15. The molecule has 0 aliphatic carbocycles. The van der Waals surface area contributed by atoms with Crippen LogP contribution in [0, 0.1) is 10.1 Å². The second kappa shape index (κ2) is 8.93. The van der Waals surface area contributed by atoms with Gasteiger partial charge in [0, 0.05) is 31.4 Å². The fourth-order valence-electron chi connectivity index (χ4n) is 4.09. The van der Waals surface area contributed by atoms with E-state index in [-0.39, 0.29) is 30.0 Å². The van der Waals surface area contributed by atoms with Gasteiger partial charge in [0.1, 0.15) is 6.54 Å². The fourth-order valence-corrected chi connectivity index (χ4v) is 4.09. The molecule has 0 saturated carbocycles. The Labute approximate surface area is 183 Å². The van der Waals surface area contributed by atoms with Gasteiger partial charge in [0.2, 0.25) is 5.91 Å². The standard InChI is InChI=1S/C22H24N4O6/c1-14-10-24(11-15(2)31-14)12-16-5-3-4-6-18(16)23-21(27)13-25-19-8-7-17(26(29)30)9-20(19)32-22(25)28/h3-9,14-15H,10-13H2,1-2H3,(H,23,27). The first-order valence-corrected chi connectivity index (χ1v) is 10.3. The Hall–Kier alpha value is -3.50. The van der Waals surface area contributed by atoms with Gasteiger partial charge < -0.3 is 14.5 Å². The number of carbonyl (C=O) groups excluding carboxylic acids is 1. The van der Waals surface area contributed by atoms with Crippen LogP contribution in [0.25, 0.3) is 11.1 Å². The molecule has 2 heterocycles. The molecular formula is C22H24N4O6. The highest BCUT2D eigenvalue weighted by Gasteiger charge is 2.23. The van der Waals surface area contributed by atoms with Crippen LogP contribution >= 0.6 is 0 Å². The lowest BCUT2D eigenvalue weighted by Crippen LogP contribution is -2.44. The monoisotopic (exact) mass is 440 g/mol. The molecule has 4 rings (SSSR count). The van der Waals surface area contributed by atoms with Gasteiger partial charge in [-0.25, -0.2) is 4.79 Å². The van der Waals surface area contributed by atoms with Crippen molar-refractivity contribution in [3.05, 3.63) is 68.7 Å². The number of ether oxygens (including phenoxy) is 1. The van der Waals surface area contributed by atoms with Crippen molar-refractivity contribution in [2.75, 3.05) is 18.4 Å². The number of rotatable bonds is 6. The number of hydrogen-bond donors (Lipinski definition) is 1. The topological polar surface area (TPSA) is 120 Å². The van der Waals surface area contributed by atoms with E-state index in [1.54, 1.807) is 0 Å². The highest BCUT2D eigenvalue weighted by Crippen LogP contribution is 2.22. The van der Waals surface area contributed by atoms with Gasteiger partial charge in [-0.2, -0.15) is 0 Å². The van der Waals surface area contributed by atoms with Gasteiger partial charge in [-0.1, -0.05) is 18.2 Å². The number of nitro groups is 1. The molecule has 0 bridgehead atoms. The van der Waals surface area contributed by atoms with Gasteiger partial charge >= 0.3 is 5.76 Å². The average molecular weight is 440 g/mol. The van der Waals surface area contributed by atoms with Crippen LogP contribution in [0.15, 0.2) is 51.7 Å². The van der Waals surface area contributed by atoms with Gasteiger partial charge in [-0.05, 0) is 31.5 Å². The second-order valence-corrected chi connectivity index (χ2v) is 8.02. The minimum atomic E-state index is -0.750. The Kier molecular flexibility index (Phi) is 6.06. The van der Waals surface area contributed by atoms with E-state index in [2.05, 4.69) is 10.2 Å². The molecule has 0 radical (unpaired) electrons. The molecule has 3 aromatic rings. The lowest BCUT2D eigenvalue weighted by molar-refractivity contribution is -0.384. The summed E-state index contributed by atoms with van der Waals surface area (Å²) in [6, 6.07) is 11.4. The Morgan fingerprint density at radius 1 is 1.19 bits per heavy atom.